The number of nitrogens with zero attached hydrogens (tertiary/aromatic N) is 2. The standard InChI is InChI=1S/C10H10N2O/c1-8(13-2)6-9-4-3-5-10(7-11)12-9/h3-5H,1,6H2,2H3. The van der Waals surface area contributed by atoms with Gasteiger partial charge in [0, 0.05) is 12.1 Å². The Morgan fingerprint density at radius 3 is 3.08 bits per heavy atom. The lowest BCUT2D eigenvalue weighted by molar-refractivity contribution is 0.284. The molecule has 0 radical (unpaired) electrons. The molecule has 1 heterocycles. The van der Waals surface area contributed by atoms with Gasteiger partial charge in [-0.15, -0.1) is 0 Å². The Kier molecular flexibility index (Phi) is 3.04. The van der Waals surface area contributed by atoms with Crippen molar-refractivity contribution in [2.75, 3.05) is 7.11 Å². The van der Waals surface area contributed by atoms with Crippen LogP contribution in [-0.2, 0) is 11.2 Å². The molecule has 0 unspecified atom stereocenters. The molecule has 0 spiro atoms. The van der Waals surface area contributed by atoms with Crippen LogP contribution in [-0.4, -0.2) is 12.1 Å². The van der Waals surface area contributed by atoms with Crippen LogP contribution in [0.25, 0.3) is 0 Å². The number of methoxy groups -OCH3 is 1. The Labute approximate surface area is 77.3 Å². The van der Waals surface area contributed by atoms with E-state index in [-0.39, 0.29) is 0 Å². The van der Waals surface area contributed by atoms with E-state index in [0.717, 1.165) is 5.69 Å². The minimum Gasteiger partial charge on any atom is -0.501 e. The lowest BCUT2D eigenvalue weighted by Crippen LogP contribution is -1.95. The zero-order valence-electron chi connectivity index (χ0n) is 7.45. The summed E-state index contributed by atoms with van der Waals surface area (Å²) in [7, 11) is 1.57. The van der Waals surface area contributed by atoms with Crippen LogP contribution >= 0.6 is 0 Å². The van der Waals surface area contributed by atoms with E-state index in [9.17, 15) is 0 Å². The van der Waals surface area contributed by atoms with Gasteiger partial charge in [-0.1, -0.05) is 12.6 Å². The van der Waals surface area contributed by atoms with Gasteiger partial charge in [0.2, 0.25) is 0 Å². The fourth-order valence-corrected chi connectivity index (χ4v) is 0.914. The number of hydrogen-bond donors (Lipinski definition) is 0. The Hall–Kier alpha value is -1.82. The summed E-state index contributed by atoms with van der Waals surface area (Å²) in [5, 5.41) is 8.59. The number of ether oxygens (including phenoxy) is 1. The van der Waals surface area contributed by atoms with E-state index in [2.05, 4.69) is 11.6 Å². The molecule has 0 fully saturated rings. The highest BCUT2D eigenvalue weighted by atomic mass is 16.5. The maximum Gasteiger partial charge on any atom is 0.140 e. The normalized spacial score (nSPS) is 8.92. The van der Waals surface area contributed by atoms with Gasteiger partial charge in [-0.3, -0.25) is 0 Å². The third-order valence-electron chi connectivity index (χ3n) is 1.59. The highest BCUT2D eigenvalue weighted by Gasteiger charge is 1.99. The summed E-state index contributed by atoms with van der Waals surface area (Å²) in [6, 6.07) is 7.28. The van der Waals surface area contributed by atoms with Crippen LogP contribution in [0, 0.1) is 11.3 Å². The molecule has 1 rings (SSSR count). The van der Waals surface area contributed by atoms with E-state index >= 15 is 0 Å². The number of nitriles is 1. The summed E-state index contributed by atoms with van der Waals surface area (Å²) in [6.07, 6.45) is 0.548. The lowest BCUT2D eigenvalue weighted by Gasteiger charge is -2.02. The van der Waals surface area contributed by atoms with Crippen LogP contribution in [0.2, 0.25) is 0 Å². The van der Waals surface area contributed by atoms with Gasteiger partial charge in [-0.25, -0.2) is 4.98 Å². The molecule has 1 aromatic heterocycles. The average molecular weight is 174 g/mol. The van der Waals surface area contributed by atoms with Crippen molar-refractivity contribution in [3.8, 4) is 6.07 Å². The van der Waals surface area contributed by atoms with Crippen LogP contribution in [0.15, 0.2) is 30.5 Å². The maximum atomic E-state index is 8.59. The van der Waals surface area contributed by atoms with Crippen LogP contribution in [0.4, 0.5) is 0 Å². The van der Waals surface area contributed by atoms with E-state index in [1.54, 1.807) is 19.2 Å². The van der Waals surface area contributed by atoms with E-state index in [4.69, 9.17) is 10.00 Å². The van der Waals surface area contributed by atoms with E-state index < -0.39 is 0 Å². The Balaban J connectivity index is 2.79. The van der Waals surface area contributed by atoms with Crippen LogP contribution in [0.1, 0.15) is 11.4 Å². The van der Waals surface area contributed by atoms with Gasteiger partial charge in [0.1, 0.15) is 11.8 Å². The Morgan fingerprint density at radius 2 is 2.46 bits per heavy atom. The molecule has 3 heteroatoms. The second-order valence-corrected chi connectivity index (χ2v) is 2.55. The van der Waals surface area contributed by atoms with Crippen molar-refractivity contribution in [3.63, 3.8) is 0 Å². The predicted molar refractivity (Wildman–Crippen MR) is 48.8 cm³/mol. The summed E-state index contributed by atoms with van der Waals surface area (Å²) in [5.74, 6) is 0.641. The molecule has 0 aliphatic rings. The molecule has 0 amide bonds. The zero-order chi connectivity index (χ0) is 9.68. The molecule has 0 atom stereocenters. The molecule has 3 nitrogen and oxygen atoms in total. The van der Waals surface area contributed by atoms with Gasteiger partial charge in [0.15, 0.2) is 0 Å². The van der Waals surface area contributed by atoms with Crippen molar-refractivity contribution in [2.45, 2.75) is 6.42 Å². The fourth-order valence-electron chi connectivity index (χ4n) is 0.914. The molecule has 0 saturated carbocycles. The monoisotopic (exact) mass is 174 g/mol. The van der Waals surface area contributed by atoms with Crippen molar-refractivity contribution in [3.05, 3.63) is 41.9 Å². The zero-order valence-corrected chi connectivity index (χ0v) is 7.45. The van der Waals surface area contributed by atoms with Crippen molar-refractivity contribution in [1.82, 2.24) is 4.98 Å². The maximum absolute atomic E-state index is 8.59. The van der Waals surface area contributed by atoms with Gasteiger partial charge in [0.05, 0.1) is 12.9 Å². The highest BCUT2D eigenvalue weighted by molar-refractivity contribution is 5.23. The lowest BCUT2D eigenvalue weighted by atomic mass is 10.2. The smallest absolute Gasteiger partial charge is 0.140 e. The van der Waals surface area contributed by atoms with Crippen molar-refractivity contribution in [1.29, 1.82) is 5.26 Å². The first-order chi connectivity index (χ1) is 6.26. The number of pyridine rings is 1. The molecule has 0 aromatic carbocycles. The second kappa shape index (κ2) is 4.27. The van der Waals surface area contributed by atoms with Gasteiger partial charge in [0.25, 0.3) is 0 Å². The number of allylic oxidation sites excluding steroid dienone is 1. The molecule has 0 saturated heterocycles. The SMILES string of the molecule is C=C(Cc1cccc(C#N)n1)OC. The first kappa shape index (κ1) is 9.27. The molecular formula is C10H10N2O. The first-order valence-electron chi connectivity index (χ1n) is 3.84. The molecule has 66 valence electrons. The second-order valence-electron chi connectivity index (χ2n) is 2.55. The van der Waals surface area contributed by atoms with Crippen molar-refractivity contribution >= 4 is 0 Å². The molecule has 0 bridgehead atoms. The summed E-state index contributed by atoms with van der Waals surface area (Å²) < 4.78 is 4.91. The van der Waals surface area contributed by atoms with Crippen LogP contribution in [0.3, 0.4) is 0 Å². The topological polar surface area (TPSA) is 45.9 Å². The number of aromatic nitrogens is 1. The number of rotatable bonds is 3. The van der Waals surface area contributed by atoms with E-state index in [1.807, 2.05) is 12.1 Å². The molecule has 0 aliphatic carbocycles. The first-order valence-corrected chi connectivity index (χ1v) is 3.84. The van der Waals surface area contributed by atoms with Gasteiger partial charge in [-0.05, 0) is 12.1 Å². The summed E-state index contributed by atoms with van der Waals surface area (Å²) >= 11 is 0. The molecule has 0 aliphatic heterocycles. The molecule has 0 N–H and O–H groups in total. The highest BCUT2D eigenvalue weighted by Crippen LogP contribution is 2.04. The minimum atomic E-state index is 0.418. The molecule has 13 heavy (non-hydrogen) atoms. The van der Waals surface area contributed by atoms with Gasteiger partial charge in [-0.2, -0.15) is 5.26 Å². The minimum absolute atomic E-state index is 0.418. The van der Waals surface area contributed by atoms with Crippen LogP contribution in [0.5, 0.6) is 0 Å². The third kappa shape index (κ3) is 2.60. The molecular weight excluding hydrogens is 164 g/mol. The van der Waals surface area contributed by atoms with Crippen molar-refractivity contribution < 1.29 is 4.74 Å². The van der Waals surface area contributed by atoms with Crippen LogP contribution < -0.4 is 0 Å². The summed E-state index contributed by atoms with van der Waals surface area (Å²) in [4.78, 5) is 4.08. The van der Waals surface area contributed by atoms with Crippen molar-refractivity contribution in [2.24, 2.45) is 0 Å². The Morgan fingerprint density at radius 1 is 1.69 bits per heavy atom. The average Bonchev–Trinajstić information content (AvgIpc) is 2.18. The van der Waals surface area contributed by atoms with Gasteiger partial charge < -0.3 is 4.74 Å². The number of hydrogen-bond acceptors (Lipinski definition) is 3. The third-order valence-corrected chi connectivity index (χ3v) is 1.59. The quantitative estimate of drug-likeness (QED) is 0.654. The largest absolute Gasteiger partial charge is 0.501 e. The summed E-state index contributed by atoms with van der Waals surface area (Å²) in [5.41, 5.74) is 1.22. The molecule has 1 aromatic rings. The Bertz CT molecular complexity index is 352. The van der Waals surface area contributed by atoms with Gasteiger partial charge >= 0.3 is 0 Å². The fraction of sp³-hybridized carbons (Fsp3) is 0.200. The van der Waals surface area contributed by atoms with E-state index in [1.165, 1.54) is 0 Å². The predicted octanol–water partition coefficient (Wildman–Crippen LogP) is 1.66. The summed E-state index contributed by atoms with van der Waals surface area (Å²) in [6.45, 7) is 3.68. The van der Waals surface area contributed by atoms with E-state index in [0.29, 0.717) is 17.9 Å².